The summed E-state index contributed by atoms with van der Waals surface area (Å²) in [6.45, 7) is 0.749. The predicted molar refractivity (Wildman–Crippen MR) is 104 cm³/mol. The van der Waals surface area contributed by atoms with E-state index >= 15 is 0 Å². The van der Waals surface area contributed by atoms with Crippen LogP contribution in [-0.2, 0) is 13.5 Å². The highest BCUT2D eigenvalue weighted by Gasteiger charge is 2.12. The molecule has 2 aromatic carbocycles. The van der Waals surface area contributed by atoms with E-state index in [9.17, 15) is 0 Å². The van der Waals surface area contributed by atoms with Gasteiger partial charge in [0, 0.05) is 36.1 Å². The van der Waals surface area contributed by atoms with Gasteiger partial charge in [0.05, 0.1) is 5.52 Å². The van der Waals surface area contributed by atoms with Gasteiger partial charge in [-0.1, -0.05) is 36.4 Å². The van der Waals surface area contributed by atoms with Crippen molar-refractivity contribution in [2.45, 2.75) is 6.42 Å². The van der Waals surface area contributed by atoms with E-state index in [4.69, 9.17) is 0 Å². The van der Waals surface area contributed by atoms with Crippen molar-refractivity contribution >= 4 is 38.9 Å². The Hall–Kier alpha value is -3.41. The van der Waals surface area contributed by atoms with Gasteiger partial charge in [-0.05, 0) is 24.1 Å². The lowest BCUT2D eigenvalue weighted by Gasteiger charge is -2.04. The van der Waals surface area contributed by atoms with Crippen molar-refractivity contribution in [3.05, 3.63) is 60.3 Å². The zero-order chi connectivity index (χ0) is 17.5. The van der Waals surface area contributed by atoms with Crippen LogP contribution >= 0.6 is 0 Å². The van der Waals surface area contributed by atoms with Crippen LogP contribution in [0.4, 0.5) is 5.95 Å². The molecule has 3 aromatic heterocycles. The number of nitrogens with zero attached hydrogens (tertiary/aromatic N) is 4. The van der Waals surface area contributed by atoms with Gasteiger partial charge < -0.3 is 14.9 Å². The van der Waals surface area contributed by atoms with Crippen molar-refractivity contribution in [2.24, 2.45) is 7.05 Å². The molecule has 26 heavy (non-hydrogen) atoms. The molecule has 0 aliphatic heterocycles. The molecule has 0 unspecified atom stereocenters. The van der Waals surface area contributed by atoms with Gasteiger partial charge >= 0.3 is 0 Å². The second-order valence-electron chi connectivity index (χ2n) is 6.42. The monoisotopic (exact) mass is 342 g/mol. The standard InChI is InChI=1S/C20H18N6/c1-26-17-9-5-3-7-15(17)18-19(26)23-20(25-24-18)21-11-10-13-12-22-16-8-4-2-6-14(13)16/h2-9,12,22H,10-11H2,1H3,(H,21,23,25). The van der Waals surface area contributed by atoms with Crippen LogP contribution in [0, 0.1) is 0 Å². The highest BCUT2D eigenvalue weighted by atomic mass is 15.3. The summed E-state index contributed by atoms with van der Waals surface area (Å²) in [6, 6.07) is 16.5. The molecule has 6 heteroatoms. The number of aromatic amines is 1. The average molecular weight is 342 g/mol. The first-order valence-electron chi connectivity index (χ1n) is 8.68. The first-order valence-corrected chi connectivity index (χ1v) is 8.68. The number of H-pyrrole nitrogens is 1. The zero-order valence-corrected chi connectivity index (χ0v) is 14.4. The number of rotatable bonds is 4. The molecule has 0 bridgehead atoms. The van der Waals surface area contributed by atoms with Crippen LogP contribution in [0.3, 0.4) is 0 Å². The smallest absolute Gasteiger partial charge is 0.244 e. The molecule has 0 fully saturated rings. The Kier molecular flexibility index (Phi) is 3.35. The minimum absolute atomic E-state index is 0.559. The van der Waals surface area contributed by atoms with E-state index in [0.29, 0.717) is 5.95 Å². The van der Waals surface area contributed by atoms with Gasteiger partial charge in [0.15, 0.2) is 5.65 Å². The third-order valence-electron chi connectivity index (χ3n) is 4.86. The largest absolute Gasteiger partial charge is 0.361 e. The summed E-state index contributed by atoms with van der Waals surface area (Å²) in [5.74, 6) is 0.559. The SMILES string of the molecule is Cn1c2ccccc2c2nnc(NCCc3c[nH]c4ccccc34)nc21. The molecule has 128 valence electrons. The lowest BCUT2D eigenvalue weighted by atomic mass is 10.1. The molecule has 2 N–H and O–H groups in total. The van der Waals surface area contributed by atoms with Crippen LogP contribution in [0.2, 0.25) is 0 Å². The molecule has 0 saturated carbocycles. The van der Waals surface area contributed by atoms with E-state index in [0.717, 1.165) is 40.5 Å². The van der Waals surface area contributed by atoms with Crippen LogP contribution in [0.25, 0.3) is 33.0 Å². The van der Waals surface area contributed by atoms with Gasteiger partial charge in [-0.25, -0.2) is 0 Å². The summed E-state index contributed by atoms with van der Waals surface area (Å²) in [6.07, 6.45) is 2.96. The Morgan fingerprint density at radius 2 is 1.81 bits per heavy atom. The second kappa shape index (κ2) is 5.84. The van der Waals surface area contributed by atoms with Crippen LogP contribution in [0.1, 0.15) is 5.56 Å². The number of benzene rings is 2. The Labute approximate surface area is 149 Å². The first-order chi connectivity index (χ1) is 12.8. The molecule has 0 amide bonds. The highest BCUT2D eigenvalue weighted by Crippen LogP contribution is 2.25. The number of aromatic nitrogens is 5. The number of anilines is 1. The molecular formula is C20H18N6. The van der Waals surface area contributed by atoms with Crippen molar-refractivity contribution in [3.63, 3.8) is 0 Å². The number of fused-ring (bicyclic) bond motifs is 4. The van der Waals surface area contributed by atoms with Gasteiger partial charge in [-0.3, -0.25) is 0 Å². The maximum Gasteiger partial charge on any atom is 0.244 e. The molecule has 3 heterocycles. The molecule has 0 spiro atoms. The van der Waals surface area contributed by atoms with Gasteiger partial charge in [0.2, 0.25) is 5.95 Å². The van der Waals surface area contributed by atoms with Crippen molar-refractivity contribution in [2.75, 3.05) is 11.9 Å². The third-order valence-corrected chi connectivity index (χ3v) is 4.86. The Morgan fingerprint density at radius 3 is 2.73 bits per heavy atom. The number of nitrogens with one attached hydrogen (secondary N) is 2. The fourth-order valence-corrected chi connectivity index (χ4v) is 3.53. The van der Waals surface area contributed by atoms with Crippen LogP contribution in [0.5, 0.6) is 0 Å². The Balaban J connectivity index is 1.39. The van der Waals surface area contributed by atoms with Crippen molar-refractivity contribution in [1.29, 1.82) is 0 Å². The van der Waals surface area contributed by atoms with E-state index < -0.39 is 0 Å². The van der Waals surface area contributed by atoms with E-state index in [1.807, 2.05) is 25.2 Å². The van der Waals surface area contributed by atoms with Gasteiger partial charge in [-0.15, -0.1) is 10.2 Å². The Morgan fingerprint density at radius 1 is 1.00 bits per heavy atom. The van der Waals surface area contributed by atoms with Gasteiger partial charge in [0.25, 0.3) is 0 Å². The van der Waals surface area contributed by atoms with E-state index in [2.05, 4.69) is 66.6 Å². The van der Waals surface area contributed by atoms with Gasteiger partial charge in [-0.2, -0.15) is 4.98 Å². The van der Waals surface area contributed by atoms with Crippen molar-refractivity contribution < 1.29 is 0 Å². The topological polar surface area (TPSA) is 71.4 Å². The highest BCUT2D eigenvalue weighted by molar-refractivity contribution is 6.04. The normalized spacial score (nSPS) is 11.6. The fraction of sp³-hybridized carbons (Fsp3) is 0.150. The van der Waals surface area contributed by atoms with Crippen LogP contribution in [0.15, 0.2) is 54.7 Å². The number of hydrogen-bond acceptors (Lipinski definition) is 4. The molecule has 6 nitrogen and oxygen atoms in total. The van der Waals surface area contributed by atoms with Crippen LogP contribution in [-0.4, -0.2) is 31.3 Å². The minimum atomic E-state index is 0.559. The number of hydrogen-bond donors (Lipinski definition) is 2. The molecule has 0 radical (unpaired) electrons. The van der Waals surface area contributed by atoms with Crippen LogP contribution < -0.4 is 5.32 Å². The maximum absolute atomic E-state index is 4.66. The fourth-order valence-electron chi connectivity index (χ4n) is 3.53. The summed E-state index contributed by atoms with van der Waals surface area (Å²) < 4.78 is 2.06. The molecular weight excluding hydrogens is 324 g/mol. The predicted octanol–water partition coefficient (Wildman–Crippen LogP) is 3.65. The summed E-state index contributed by atoms with van der Waals surface area (Å²) in [7, 11) is 2.01. The quantitative estimate of drug-likeness (QED) is 0.523. The summed E-state index contributed by atoms with van der Waals surface area (Å²) in [5.41, 5.74) is 5.24. The summed E-state index contributed by atoms with van der Waals surface area (Å²) in [5, 5.41) is 14.3. The molecule has 0 aliphatic carbocycles. The Bertz CT molecular complexity index is 1230. The molecule has 5 rings (SSSR count). The first kappa shape index (κ1) is 14.9. The third kappa shape index (κ3) is 2.30. The maximum atomic E-state index is 4.66. The van der Waals surface area contributed by atoms with E-state index in [1.54, 1.807) is 0 Å². The lowest BCUT2D eigenvalue weighted by Crippen LogP contribution is -2.09. The zero-order valence-electron chi connectivity index (χ0n) is 14.4. The van der Waals surface area contributed by atoms with Crippen molar-refractivity contribution in [1.82, 2.24) is 24.7 Å². The number of para-hydroxylation sites is 2. The minimum Gasteiger partial charge on any atom is -0.361 e. The van der Waals surface area contributed by atoms with Crippen molar-refractivity contribution in [3.8, 4) is 0 Å². The van der Waals surface area contributed by atoms with E-state index in [1.165, 1.54) is 10.9 Å². The van der Waals surface area contributed by atoms with Gasteiger partial charge in [0.1, 0.15) is 5.52 Å². The molecule has 5 aromatic rings. The molecule has 0 atom stereocenters. The average Bonchev–Trinajstić information content (AvgIpc) is 3.22. The van der Waals surface area contributed by atoms with E-state index in [-0.39, 0.29) is 0 Å². The number of aryl methyl sites for hydroxylation is 1. The molecule has 0 saturated heterocycles. The lowest BCUT2D eigenvalue weighted by molar-refractivity contribution is 0.928. The summed E-state index contributed by atoms with van der Waals surface area (Å²) in [4.78, 5) is 7.97. The summed E-state index contributed by atoms with van der Waals surface area (Å²) >= 11 is 0. The second-order valence-corrected chi connectivity index (χ2v) is 6.42. The molecule has 0 aliphatic rings.